The fraction of sp³-hybridized carbons (Fsp3) is 0.286. The first-order valence-corrected chi connectivity index (χ1v) is 8.85. The normalized spacial score (nSPS) is 14.8. The summed E-state index contributed by atoms with van der Waals surface area (Å²) in [6, 6.07) is 14.4. The third-order valence-electron chi connectivity index (χ3n) is 4.57. The molecule has 1 saturated heterocycles. The van der Waals surface area contributed by atoms with Crippen molar-refractivity contribution in [1.29, 1.82) is 0 Å². The lowest BCUT2D eigenvalue weighted by Crippen LogP contribution is -2.48. The largest absolute Gasteiger partial charge is 0.435 e. The van der Waals surface area contributed by atoms with Crippen molar-refractivity contribution in [3.8, 4) is 5.75 Å². The molecular weight excluding hydrogens is 350 g/mol. The fourth-order valence-electron chi connectivity index (χ4n) is 3.12. The molecule has 3 rings (SSSR count). The van der Waals surface area contributed by atoms with E-state index in [2.05, 4.69) is 28.7 Å². The summed E-state index contributed by atoms with van der Waals surface area (Å²) in [6.07, 6.45) is 3.20. The lowest BCUT2D eigenvalue weighted by molar-refractivity contribution is -0.126. The molecule has 0 bridgehead atoms. The van der Waals surface area contributed by atoms with Crippen LogP contribution in [0, 0.1) is 6.92 Å². The quantitative estimate of drug-likeness (QED) is 0.745. The number of hydrogen-bond acceptors (Lipinski definition) is 3. The van der Waals surface area contributed by atoms with Crippen LogP contribution in [0.4, 0.5) is 14.5 Å². The Kier molecular flexibility index (Phi) is 6.06. The number of benzene rings is 2. The molecule has 4 nitrogen and oxygen atoms in total. The van der Waals surface area contributed by atoms with E-state index in [1.165, 1.54) is 29.5 Å². The van der Waals surface area contributed by atoms with Gasteiger partial charge in [0.25, 0.3) is 0 Å². The first-order chi connectivity index (χ1) is 13.0. The molecule has 2 aromatic carbocycles. The second kappa shape index (κ2) is 8.66. The van der Waals surface area contributed by atoms with Crippen LogP contribution in [0.25, 0.3) is 6.08 Å². The van der Waals surface area contributed by atoms with Gasteiger partial charge in [-0.25, -0.2) is 0 Å². The van der Waals surface area contributed by atoms with Gasteiger partial charge in [0.1, 0.15) is 5.75 Å². The van der Waals surface area contributed by atoms with Crippen LogP contribution in [0.15, 0.2) is 54.6 Å². The summed E-state index contributed by atoms with van der Waals surface area (Å²) in [5, 5.41) is 0. The third kappa shape index (κ3) is 5.06. The molecule has 0 aromatic heterocycles. The highest BCUT2D eigenvalue weighted by molar-refractivity contribution is 5.92. The molecule has 6 heteroatoms. The van der Waals surface area contributed by atoms with Gasteiger partial charge >= 0.3 is 6.61 Å². The minimum Gasteiger partial charge on any atom is -0.435 e. The Morgan fingerprint density at radius 1 is 1.04 bits per heavy atom. The average molecular weight is 372 g/mol. The number of carbonyl (C=O) groups is 1. The van der Waals surface area contributed by atoms with Crippen molar-refractivity contribution in [2.45, 2.75) is 13.5 Å². The van der Waals surface area contributed by atoms with Crippen molar-refractivity contribution >= 4 is 17.7 Å². The van der Waals surface area contributed by atoms with Crippen LogP contribution in [0.3, 0.4) is 0 Å². The van der Waals surface area contributed by atoms with Crippen LogP contribution in [0.5, 0.6) is 5.75 Å². The van der Waals surface area contributed by atoms with Crippen molar-refractivity contribution in [2.24, 2.45) is 0 Å². The van der Waals surface area contributed by atoms with Crippen LogP contribution in [-0.2, 0) is 4.79 Å². The van der Waals surface area contributed by atoms with Crippen LogP contribution >= 0.6 is 0 Å². The van der Waals surface area contributed by atoms with E-state index < -0.39 is 6.61 Å². The van der Waals surface area contributed by atoms with Gasteiger partial charge in [0, 0.05) is 37.9 Å². The van der Waals surface area contributed by atoms with E-state index in [4.69, 9.17) is 0 Å². The van der Waals surface area contributed by atoms with Crippen molar-refractivity contribution in [3.63, 3.8) is 0 Å². The maximum absolute atomic E-state index is 12.4. The first kappa shape index (κ1) is 18.9. The van der Waals surface area contributed by atoms with E-state index >= 15 is 0 Å². The Morgan fingerprint density at radius 3 is 2.33 bits per heavy atom. The van der Waals surface area contributed by atoms with Crippen molar-refractivity contribution in [3.05, 3.63) is 65.7 Å². The second-order valence-electron chi connectivity index (χ2n) is 6.38. The van der Waals surface area contributed by atoms with Gasteiger partial charge in [0.05, 0.1) is 0 Å². The average Bonchev–Trinajstić information content (AvgIpc) is 2.67. The highest BCUT2D eigenvalue weighted by Crippen LogP contribution is 2.21. The Balaban J connectivity index is 1.53. The topological polar surface area (TPSA) is 32.8 Å². The summed E-state index contributed by atoms with van der Waals surface area (Å²) >= 11 is 0. The summed E-state index contributed by atoms with van der Waals surface area (Å²) in [6.45, 7) is 2.17. The van der Waals surface area contributed by atoms with Crippen LogP contribution in [0.1, 0.15) is 11.1 Å². The number of para-hydroxylation sites is 1. The molecule has 1 aliphatic heterocycles. The zero-order valence-corrected chi connectivity index (χ0v) is 15.1. The molecule has 0 aliphatic carbocycles. The zero-order chi connectivity index (χ0) is 19.2. The van der Waals surface area contributed by atoms with Gasteiger partial charge in [0.15, 0.2) is 0 Å². The summed E-state index contributed by atoms with van der Waals surface area (Å²) in [7, 11) is 0. The molecule has 1 aliphatic rings. The number of anilines is 1. The highest BCUT2D eigenvalue weighted by Gasteiger charge is 2.20. The third-order valence-corrected chi connectivity index (χ3v) is 4.57. The maximum Gasteiger partial charge on any atom is 0.387 e. The molecule has 27 heavy (non-hydrogen) atoms. The Morgan fingerprint density at radius 2 is 1.70 bits per heavy atom. The number of ether oxygens (including phenoxy) is 1. The Bertz CT molecular complexity index is 798. The van der Waals surface area contributed by atoms with E-state index in [1.807, 2.05) is 17.0 Å². The predicted molar refractivity (Wildman–Crippen MR) is 102 cm³/mol. The van der Waals surface area contributed by atoms with Crippen molar-refractivity contribution in [1.82, 2.24) is 4.90 Å². The SMILES string of the molecule is Cc1ccccc1N1CCN(C(=O)/C=C/c2ccc(OC(F)F)cc2)CC1. The number of piperazine rings is 1. The van der Waals surface area contributed by atoms with Gasteiger partial charge in [-0.2, -0.15) is 8.78 Å². The van der Waals surface area contributed by atoms with Crippen LogP contribution in [0.2, 0.25) is 0 Å². The van der Waals surface area contributed by atoms with Gasteiger partial charge in [0.2, 0.25) is 5.91 Å². The number of carbonyl (C=O) groups excluding carboxylic acids is 1. The van der Waals surface area contributed by atoms with E-state index in [9.17, 15) is 13.6 Å². The zero-order valence-electron chi connectivity index (χ0n) is 15.1. The second-order valence-corrected chi connectivity index (χ2v) is 6.38. The van der Waals surface area contributed by atoms with E-state index in [0.717, 1.165) is 18.7 Å². The fourth-order valence-corrected chi connectivity index (χ4v) is 3.12. The van der Waals surface area contributed by atoms with Gasteiger partial charge in [-0.05, 0) is 42.3 Å². The molecule has 0 unspecified atom stereocenters. The molecule has 0 atom stereocenters. The first-order valence-electron chi connectivity index (χ1n) is 8.85. The summed E-state index contributed by atoms with van der Waals surface area (Å²) in [5.74, 6) is 0.0492. The van der Waals surface area contributed by atoms with Crippen LogP contribution < -0.4 is 9.64 Å². The van der Waals surface area contributed by atoms with E-state index in [-0.39, 0.29) is 11.7 Å². The molecule has 1 heterocycles. The minimum atomic E-state index is -2.84. The molecule has 0 saturated carbocycles. The summed E-state index contributed by atoms with van der Waals surface area (Å²) in [5.41, 5.74) is 3.20. The standard InChI is InChI=1S/C21H22F2N2O2/c1-16-4-2-3-5-19(16)24-12-14-25(15-13-24)20(26)11-8-17-6-9-18(10-7-17)27-21(22)23/h2-11,21H,12-15H2,1H3/b11-8+. The molecule has 1 fully saturated rings. The van der Waals surface area contributed by atoms with Crippen LogP contribution in [-0.4, -0.2) is 43.6 Å². The van der Waals surface area contributed by atoms with Gasteiger partial charge in [-0.1, -0.05) is 30.3 Å². The number of aryl methyl sites for hydroxylation is 1. The maximum atomic E-state index is 12.4. The lowest BCUT2D eigenvalue weighted by atomic mass is 10.1. The number of nitrogens with zero attached hydrogens (tertiary/aromatic N) is 2. The lowest BCUT2D eigenvalue weighted by Gasteiger charge is -2.36. The molecular formula is C21H22F2N2O2. The molecule has 0 N–H and O–H groups in total. The number of alkyl halides is 2. The Hall–Kier alpha value is -2.89. The van der Waals surface area contributed by atoms with E-state index in [0.29, 0.717) is 13.1 Å². The molecule has 142 valence electrons. The molecule has 0 radical (unpaired) electrons. The van der Waals surface area contributed by atoms with Gasteiger partial charge in [-0.3, -0.25) is 4.79 Å². The molecule has 0 spiro atoms. The molecule has 1 amide bonds. The number of halogens is 2. The monoisotopic (exact) mass is 372 g/mol. The minimum absolute atomic E-state index is 0.0488. The van der Waals surface area contributed by atoms with Gasteiger partial charge < -0.3 is 14.5 Å². The smallest absolute Gasteiger partial charge is 0.387 e. The molecule has 2 aromatic rings. The number of rotatable bonds is 5. The van der Waals surface area contributed by atoms with Gasteiger partial charge in [-0.15, -0.1) is 0 Å². The summed E-state index contributed by atoms with van der Waals surface area (Å²) in [4.78, 5) is 16.5. The number of hydrogen-bond donors (Lipinski definition) is 0. The van der Waals surface area contributed by atoms with Crippen molar-refractivity contribution in [2.75, 3.05) is 31.1 Å². The summed E-state index contributed by atoms with van der Waals surface area (Å²) < 4.78 is 28.6. The Labute approximate surface area is 157 Å². The highest BCUT2D eigenvalue weighted by atomic mass is 19.3. The predicted octanol–water partition coefficient (Wildman–Crippen LogP) is 3.96. The van der Waals surface area contributed by atoms with E-state index in [1.54, 1.807) is 18.2 Å². The van der Waals surface area contributed by atoms with Crippen molar-refractivity contribution < 1.29 is 18.3 Å². The number of amides is 1.